The third kappa shape index (κ3) is 3.81. The Morgan fingerprint density at radius 1 is 0.857 bits per heavy atom. The van der Waals surface area contributed by atoms with Gasteiger partial charge in [-0.2, -0.15) is 0 Å². The van der Waals surface area contributed by atoms with E-state index in [1.807, 2.05) is 35.2 Å². The molecule has 1 aromatic heterocycles. The summed E-state index contributed by atoms with van der Waals surface area (Å²) >= 11 is 0. The molecule has 0 spiro atoms. The van der Waals surface area contributed by atoms with E-state index in [1.54, 1.807) is 31.4 Å². The van der Waals surface area contributed by atoms with E-state index in [-0.39, 0.29) is 17.6 Å². The molecule has 1 amide bonds. The number of rotatable bonds is 5. The fourth-order valence-electron chi connectivity index (χ4n) is 3.26. The molecule has 6 nitrogen and oxygen atoms in total. The van der Waals surface area contributed by atoms with Gasteiger partial charge < -0.3 is 23.7 Å². The summed E-state index contributed by atoms with van der Waals surface area (Å²) in [6.45, 7) is 2.89. The van der Waals surface area contributed by atoms with E-state index in [1.165, 1.54) is 5.69 Å². The summed E-state index contributed by atoms with van der Waals surface area (Å²) in [5.74, 6) is 1.55. The predicted octanol–water partition coefficient (Wildman–Crippen LogP) is 4.04. The lowest BCUT2D eigenvalue weighted by molar-refractivity contribution is 0.0709. The molecule has 2 heterocycles. The maximum Gasteiger partial charge on any atom is 0.290 e. The Morgan fingerprint density at radius 2 is 1.54 bits per heavy atom. The Bertz CT molecular complexity index is 930. The first-order chi connectivity index (χ1) is 13.7. The third-order valence-electron chi connectivity index (χ3n) is 4.76. The van der Waals surface area contributed by atoms with E-state index < -0.39 is 0 Å². The van der Waals surface area contributed by atoms with E-state index in [4.69, 9.17) is 13.9 Å². The normalized spacial score (nSPS) is 14.0. The Kier molecular flexibility index (Phi) is 5.19. The molecule has 0 bridgehead atoms. The first-order valence-electron chi connectivity index (χ1n) is 9.24. The van der Waals surface area contributed by atoms with Crippen molar-refractivity contribution in [3.63, 3.8) is 0 Å². The zero-order chi connectivity index (χ0) is 19.3. The molecule has 0 aliphatic carbocycles. The number of methoxy groups -OCH3 is 1. The molecular formula is C22H22N2O4. The van der Waals surface area contributed by atoms with Crippen LogP contribution in [0.4, 0.5) is 5.69 Å². The summed E-state index contributed by atoms with van der Waals surface area (Å²) in [5, 5.41) is 0. The maximum atomic E-state index is 12.8. The van der Waals surface area contributed by atoms with Gasteiger partial charge in [-0.25, -0.2) is 0 Å². The molecular weight excluding hydrogens is 356 g/mol. The second-order valence-corrected chi connectivity index (χ2v) is 6.49. The highest BCUT2D eigenvalue weighted by atomic mass is 16.6. The maximum absolute atomic E-state index is 12.8. The van der Waals surface area contributed by atoms with Crippen molar-refractivity contribution in [3.05, 3.63) is 72.5 Å². The average molecular weight is 378 g/mol. The fraction of sp³-hybridized carbons (Fsp3) is 0.227. The van der Waals surface area contributed by atoms with Crippen molar-refractivity contribution in [1.82, 2.24) is 4.90 Å². The molecule has 0 atom stereocenters. The standard InChI is InChI=1S/C22H22N2O4/c1-26-18-9-5-6-10-19(18)27-21-12-11-20(28-21)22(25)24-15-13-23(14-16-24)17-7-3-2-4-8-17/h2-12H,13-16H2,1H3. The second kappa shape index (κ2) is 8.08. The molecule has 0 saturated carbocycles. The Balaban J connectivity index is 1.38. The number of amides is 1. The van der Waals surface area contributed by atoms with Gasteiger partial charge in [-0.15, -0.1) is 0 Å². The molecule has 2 aromatic carbocycles. The van der Waals surface area contributed by atoms with Crippen LogP contribution in [0, 0.1) is 0 Å². The van der Waals surface area contributed by atoms with Gasteiger partial charge in [0.2, 0.25) is 0 Å². The number of carbonyl (C=O) groups excluding carboxylic acids is 1. The fourth-order valence-corrected chi connectivity index (χ4v) is 3.26. The van der Waals surface area contributed by atoms with Crippen LogP contribution in [0.2, 0.25) is 0 Å². The van der Waals surface area contributed by atoms with Crippen molar-refractivity contribution < 1.29 is 18.7 Å². The molecule has 6 heteroatoms. The van der Waals surface area contributed by atoms with Gasteiger partial charge in [0.25, 0.3) is 11.9 Å². The highest BCUT2D eigenvalue weighted by molar-refractivity contribution is 5.91. The van der Waals surface area contributed by atoms with Crippen molar-refractivity contribution in [2.24, 2.45) is 0 Å². The van der Waals surface area contributed by atoms with Crippen LogP contribution in [0.1, 0.15) is 10.6 Å². The molecule has 1 saturated heterocycles. The summed E-state index contributed by atoms with van der Waals surface area (Å²) < 4.78 is 16.6. The predicted molar refractivity (Wildman–Crippen MR) is 106 cm³/mol. The van der Waals surface area contributed by atoms with E-state index in [9.17, 15) is 4.79 Å². The second-order valence-electron chi connectivity index (χ2n) is 6.49. The first kappa shape index (κ1) is 18.0. The number of piperazine rings is 1. The average Bonchev–Trinajstić information content (AvgIpc) is 3.23. The van der Waals surface area contributed by atoms with Crippen LogP contribution in [0.15, 0.2) is 71.1 Å². The Labute approximate surface area is 163 Å². The SMILES string of the molecule is COc1ccccc1Oc1ccc(C(=O)N2CCN(c3ccccc3)CC2)o1. The van der Waals surface area contributed by atoms with Crippen LogP contribution in [-0.2, 0) is 0 Å². The minimum absolute atomic E-state index is 0.123. The number of hydrogen-bond donors (Lipinski definition) is 0. The van der Waals surface area contributed by atoms with Gasteiger partial charge in [0.1, 0.15) is 0 Å². The number of nitrogens with zero attached hydrogens (tertiary/aromatic N) is 2. The lowest BCUT2D eigenvalue weighted by Crippen LogP contribution is -2.48. The molecule has 1 aliphatic rings. The zero-order valence-electron chi connectivity index (χ0n) is 15.7. The molecule has 0 radical (unpaired) electrons. The van der Waals surface area contributed by atoms with Crippen molar-refractivity contribution in [3.8, 4) is 17.4 Å². The highest BCUT2D eigenvalue weighted by Crippen LogP contribution is 2.32. The van der Waals surface area contributed by atoms with Crippen LogP contribution in [0.3, 0.4) is 0 Å². The number of carbonyl (C=O) groups is 1. The van der Waals surface area contributed by atoms with Crippen LogP contribution in [0.25, 0.3) is 0 Å². The van der Waals surface area contributed by atoms with Gasteiger partial charge in [-0.1, -0.05) is 30.3 Å². The van der Waals surface area contributed by atoms with Crippen molar-refractivity contribution in [2.45, 2.75) is 0 Å². The van der Waals surface area contributed by atoms with Crippen molar-refractivity contribution in [2.75, 3.05) is 38.2 Å². The minimum atomic E-state index is -0.123. The molecule has 3 aromatic rings. The van der Waals surface area contributed by atoms with E-state index in [0.29, 0.717) is 24.6 Å². The van der Waals surface area contributed by atoms with Crippen LogP contribution in [-0.4, -0.2) is 44.1 Å². The van der Waals surface area contributed by atoms with E-state index in [2.05, 4.69) is 17.0 Å². The quantitative estimate of drug-likeness (QED) is 0.671. The number of ether oxygens (including phenoxy) is 2. The van der Waals surface area contributed by atoms with Crippen molar-refractivity contribution in [1.29, 1.82) is 0 Å². The van der Waals surface area contributed by atoms with Gasteiger partial charge in [-0.3, -0.25) is 4.79 Å². The van der Waals surface area contributed by atoms with Gasteiger partial charge in [0.05, 0.1) is 7.11 Å². The molecule has 144 valence electrons. The number of anilines is 1. The van der Waals surface area contributed by atoms with Crippen LogP contribution < -0.4 is 14.4 Å². The Morgan fingerprint density at radius 3 is 2.25 bits per heavy atom. The van der Waals surface area contributed by atoms with Gasteiger partial charge >= 0.3 is 0 Å². The molecule has 0 N–H and O–H groups in total. The third-order valence-corrected chi connectivity index (χ3v) is 4.76. The minimum Gasteiger partial charge on any atom is -0.493 e. The summed E-state index contributed by atoms with van der Waals surface area (Å²) in [6, 6.07) is 20.8. The summed E-state index contributed by atoms with van der Waals surface area (Å²) in [4.78, 5) is 16.9. The first-order valence-corrected chi connectivity index (χ1v) is 9.24. The smallest absolute Gasteiger partial charge is 0.290 e. The van der Waals surface area contributed by atoms with Crippen LogP contribution >= 0.6 is 0 Å². The number of benzene rings is 2. The molecule has 1 fully saturated rings. The monoisotopic (exact) mass is 378 g/mol. The molecule has 4 rings (SSSR count). The van der Waals surface area contributed by atoms with E-state index >= 15 is 0 Å². The number of furan rings is 1. The molecule has 28 heavy (non-hydrogen) atoms. The van der Waals surface area contributed by atoms with Gasteiger partial charge in [-0.05, 0) is 30.3 Å². The van der Waals surface area contributed by atoms with Crippen LogP contribution in [0.5, 0.6) is 17.4 Å². The zero-order valence-corrected chi connectivity index (χ0v) is 15.7. The molecule has 1 aliphatic heterocycles. The Hall–Kier alpha value is -3.41. The number of hydrogen-bond acceptors (Lipinski definition) is 5. The summed E-state index contributed by atoms with van der Waals surface area (Å²) in [5.41, 5.74) is 1.18. The molecule has 0 unspecified atom stereocenters. The van der Waals surface area contributed by atoms with Crippen molar-refractivity contribution >= 4 is 11.6 Å². The lowest BCUT2D eigenvalue weighted by atomic mass is 10.2. The topological polar surface area (TPSA) is 55.2 Å². The van der Waals surface area contributed by atoms with E-state index in [0.717, 1.165) is 13.1 Å². The largest absolute Gasteiger partial charge is 0.493 e. The van der Waals surface area contributed by atoms with Gasteiger partial charge in [0.15, 0.2) is 17.3 Å². The summed E-state index contributed by atoms with van der Waals surface area (Å²) in [6.07, 6.45) is 0. The summed E-state index contributed by atoms with van der Waals surface area (Å²) in [7, 11) is 1.58. The number of para-hydroxylation sites is 3. The highest BCUT2D eigenvalue weighted by Gasteiger charge is 2.24. The lowest BCUT2D eigenvalue weighted by Gasteiger charge is -2.35. The van der Waals surface area contributed by atoms with Gasteiger partial charge in [0, 0.05) is 37.9 Å².